The standard InChI is InChI=1S/C27H40O7/c1-15(28)19-5-6-20-25-21(10-12-27(19,20)4)26(3)11-9-18(34-24(32)8-7-23(30)31)13-17(26)14-22(25)33-16(2)29/h17-22,25H,5-14H2,1-4H3,(H,30,31)/t17-,18+,19+,20-,21-,22+,25-,26-,27+/m0/s1. The summed E-state index contributed by atoms with van der Waals surface area (Å²) in [5.41, 5.74) is 0.0619. The molecule has 7 heteroatoms. The predicted molar refractivity (Wildman–Crippen MR) is 124 cm³/mol. The molecule has 1 N–H and O–H groups in total. The molecule has 7 nitrogen and oxygen atoms in total. The largest absolute Gasteiger partial charge is 0.481 e. The minimum Gasteiger partial charge on any atom is -0.481 e. The van der Waals surface area contributed by atoms with E-state index in [4.69, 9.17) is 14.6 Å². The number of ketones is 1. The number of carbonyl (C=O) groups excluding carboxylic acids is 3. The van der Waals surface area contributed by atoms with Crippen LogP contribution in [-0.4, -0.2) is 41.0 Å². The van der Waals surface area contributed by atoms with Gasteiger partial charge in [0.15, 0.2) is 0 Å². The molecule has 0 aromatic carbocycles. The van der Waals surface area contributed by atoms with E-state index in [1.54, 1.807) is 6.92 Å². The summed E-state index contributed by atoms with van der Waals surface area (Å²) in [6.45, 7) is 7.87. The van der Waals surface area contributed by atoms with Crippen molar-refractivity contribution in [2.75, 3.05) is 0 Å². The molecule has 0 saturated heterocycles. The highest BCUT2D eigenvalue weighted by Crippen LogP contribution is 2.68. The van der Waals surface area contributed by atoms with Gasteiger partial charge < -0.3 is 14.6 Å². The number of ether oxygens (including phenoxy) is 2. The van der Waals surface area contributed by atoms with Crippen molar-refractivity contribution in [2.24, 2.45) is 40.4 Å². The molecule has 34 heavy (non-hydrogen) atoms. The van der Waals surface area contributed by atoms with Gasteiger partial charge in [-0.15, -0.1) is 0 Å². The maximum Gasteiger partial charge on any atom is 0.306 e. The van der Waals surface area contributed by atoms with Gasteiger partial charge >= 0.3 is 17.9 Å². The molecule has 4 saturated carbocycles. The lowest BCUT2D eigenvalue weighted by atomic mass is 9.44. The summed E-state index contributed by atoms with van der Waals surface area (Å²) < 4.78 is 11.7. The monoisotopic (exact) mass is 476 g/mol. The highest BCUT2D eigenvalue weighted by atomic mass is 16.5. The summed E-state index contributed by atoms with van der Waals surface area (Å²) in [5, 5.41) is 8.83. The number of carboxylic acid groups (broad SMARTS) is 1. The number of hydrogen-bond acceptors (Lipinski definition) is 6. The summed E-state index contributed by atoms with van der Waals surface area (Å²) >= 11 is 0. The van der Waals surface area contributed by atoms with E-state index in [9.17, 15) is 19.2 Å². The van der Waals surface area contributed by atoms with Crippen molar-refractivity contribution < 1.29 is 33.8 Å². The third kappa shape index (κ3) is 4.39. The van der Waals surface area contributed by atoms with Crippen molar-refractivity contribution in [3.63, 3.8) is 0 Å². The Bertz CT molecular complexity index is 852. The molecule has 0 amide bonds. The van der Waals surface area contributed by atoms with E-state index in [0.29, 0.717) is 11.8 Å². The second kappa shape index (κ2) is 9.27. The van der Waals surface area contributed by atoms with Crippen LogP contribution in [0.25, 0.3) is 0 Å². The lowest BCUT2D eigenvalue weighted by molar-refractivity contribution is -0.196. The number of esters is 2. The van der Waals surface area contributed by atoms with Crippen molar-refractivity contribution in [3.8, 4) is 0 Å². The van der Waals surface area contributed by atoms with E-state index in [1.807, 2.05) is 0 Å². The molecule has 4 rings (SSSR count). The minimum atomic E-state index is -1.00. The van der Waals surface area contributed by atoms with E-state index in [1.165, 1.54) is 6.92 Å². The average molecular weight is 477 g/mol. The fourth-order valence-electron chi connectivity index (χ4n) is 8.72. The molecule has 190 valence electrons. The Morgan fingerprint density at radius 1 is 0.853 bits per heavy atom. The van der Waals surface area contributed by atoms with Crippen LogP contribution in [0, 0.1) is 40.4 Å². The first-order valence-corrected chi connectivity index (χ1v) is 13.0. The molecular formula is C27H40O7. The second-order valence-corrected chi connectivity index (χ2v) is 11.9. The van der Waals surface area contributed by atoms with Gasteiger partial charge in [0.2, 0.25) is 0 Å². The van der Waals surface area contributed by atoms with E-state index in [2.05, 4.69) is 13.8 Å². The highest BCUT2D eigenvalue weighted by molar-refractivity contribution is 5.79. The number of hydrogen-bond donors (Lipinski definition) is 1. The van der Waals surface area contributed by atoms with E-state index in [0.717, 1.165) is 51.4 Å². The zero-order chi connectivity index (χ0) is 24.8. The molecule has 4 aliphatic rings. The van der Waals surface area contributed by atoms with Crippen LogP contribution in [0.5, 0.6) is 0 Å². The number of Topliss-reactive ketones (excluding diaryl/α,β-unsaturated/α-hetero) is 1. The topological polar surface area (TPSA) is 107 Å². The molecule has 9 atom stereocenters. The fraction of sp³-hybridized carbons (Fsp3) is 0.852. The molecule has 0 radical (unpaired) electrons. The fourth-order valence-corrected chi connectivity index (χ4v) is 8.72. The molecular weight excluding hydrogens is 436 g/mol. The Hall–Kier alpha value is -1.92. The summed E-state index contributed by atoms with van der Waals surface area (Å²) in [6.07, 6.45) is 6.54. The Morgan fingerprint density at radius 2 is 1.53 bits per heavy atom. The van der Waals surface area contributed by atoms with Crippen LogP contribution in [0.3, 0.4) is 0 Å². The van der Waals surface area contributed by atoms with Gasteiger partial charge in [0, 0.05) is 18.8 Å². The minimum absolute atomic E-state index is 0.0224. The van der Waals surface area contributed by atoms with Crippen molar-refractivity contribution in [1.29, 1.82) is 0 Å². The molecule has 0 aromatic heterocycles. The van der Waals surface area contributed by atoms with E-state index >= 15 is 0 Å². The van der Waals surface area contributed by atoms with Crippen LogP contribution in [-0.2, 0) is 28.7 Å². The number of carbonyl (C=O) groups is 4. The second-order valence-electron chi connectivity index (χ2n) is 11.9. The number of aliphatic carboxylic acids is 1. The maximum atomic E-state index is 12.5. The van der Waals surface area contributed by atoms with E-state index in [-0.39, 0.29) is 65.4 Å². The van der Waals surface area contributed by atoms with Gasteiger partial charge in [0.25, 0.3) is 0 Å². The first kappa shape index (κ1) is 25.2. The zero-order valence-corrected chi connectivity index (χ0v) is 21.0. The molecule has 0 bridgehead atoms. The molecule has 0 aliphatic heterocycles. The molecule has 4 fully saturated rings. The normalized spacial score (nSPS) is 43.1. The predicted octanol–water partition coefficient (Wildman–Crippen LogP) is 4.55. The lowest BCUT2D eigenvalue weighted by Gasteiger charge is -2.62. The molecule has 4 aliphatic carbocycles. The summed E-state index contributed by atoms with van der Waals surface area (Å²) in [7, 11) is 0. The molecule has 0 heterocycles. The Morgan fingerprint density at radius 3 is 2.18 bits per heavy atom. The van der Waals surface area contributed by atoms with Crippen LogP contribution in [0.4, 0.5) is 0 Å². The quantitative estimate of drug-likeness (QED) is 0.560. The van der Waals surface area contributed by atoms with Crippen molar-refractivity contribution in [2.45, 2.75) is 104 Å². The first-order valence-electron chi connectivity index (χ1n) is 13.0. The van der Waals surface area contributed by atoms with Crippen LogP contribution < -0.4 is 0 Å². The summed E-state index contributed by atoms with van der Waals surface area (Å²) in [6, 6.07) is 0. The Labute approximate surface area is 202 Å². The summed E-state index contributed by atoms with van der Waals surface area (Å²) in [5.74, 6) is 0.0295. The van der Waals surface area contributed by atoms with Crippen molar-refractivity contribution in [3.05, 3.63) is 0 Å². The average Bonchev–Trinajstić information content (AvgIpc) is 3.10. The lowest BCUT2D eigenvalue weighted by Crippen LogP contribution is -2.59. The van der Waals surface area contributed by atoms with Gasteiger partial charge in [-0.25, -0.2) is 0 Å². The highest BCUT2D eigenvalue weighted by Gasteiger charge is 2.64. The third-order valence-electron chi connectivity index (χ3n) is 10.3. The summed E-state index contributed by atoms with van der Waals surface area (Å²) in [4.78, 5) is 47.5. The van der Waals surface area contributed by atoms with E-state index < -0.39 is 11.9 Å². The van der Waals surface area contributed by atoms with Crippen LogP contribution in [0.1, 0.15) is 91.9 Å². The molecule has 0 unspecified atom stereocenters. The van der Waals surface area contributed by atoms with Gasteiger partial charge in [0.1, 0.15) is 18.0 Å². The van der Waals surface area contributed by atoms with Crippen LogP contribution >= 0.6 is 0 Å². The smallest absolute Gasteiger partial charge is 0.306 e. The van der Waals surface area contributed by atoms with Gasteiger partial charge in [-0.3, -0.25) is 19.2 Å². The van der Waals surface area contributed by atoms with Gasteiger partial charge in [-0.2, -0.15) is 0 Å². The number of fused-ring (bicyclic) bond motifs is 5. The number of rotatable bonds is 6. The van der Waals surface area contributed by atoms with Crippen molar-refractivity contribution >= 4 is 23.7 Å². The van der Waals surface area contributed by atoms with Gasteiger partial charge in [-0.05, 0) is 86.9 Å². The molecule has 0 spiro atoms. The van der Waals surface area contributed by atoms with Crippen molar-refractivity contribution in [1.82, 2.24) is 0 Å². The number of carboxylic acids is 1. The maximum absolute atomic E-state index is 12.5. The third-order valence-corrected chi connectivity index (χ3v) is 10.3. The SMILES string of the molecule is CC(=O)O[C@@H]1C[C@@H]2C[C@H](OC(=O)CCC(=O)O)CC[C@]2(C)[C@H]2CC[C@]3(C)[C@@H](C(C)=O)CC[C@H]3[C@H]12. The van der Waals surface area contributed by atoms with Gasteiger partial charge in [0.05, 0.1) is 12.8 Å². The van der Waals surface area contributed by atoms with Crippen LogP contribution in [0.15, 0.2) is 0 Å². The Balaban J connectivity index is 1.55. The first-order chi connectivity index (χ1) is 16.0. The van der Waals surface area contributed by atoms with Gasteiger partial charge in [-0.1, -0.05) is 13.8 Å². The Kier molecular flexibility index (Phi) is 6.87. The van der Waals surface area contributed by atoms with Crippen LogP contribution in [0.2, 0.25) is 0 Å². The molecule has 0 aromatic rings. The zero-order valence-electron chi connectivity index (χ0n) is 21.0.